The Balaban J connectivity index is 1.91. The first-order valence-electron chi connectivity index (χ1n) is 7.19. The zero-order chi connectivity index (χ0) is 15.5. The number of carbonyl (C=O) groups excluding carboxylic acids is 2. The number of para-hydroxylation sites is 2. The summed E-state index contributed by atoms with van der Waals surface area (Å²) in [4.78, 5) is 26.3. The Hall–Kier alpha value is -2.88. The van der Waals surface area contributed by atoms with Gasteiger partial charge in [-0.25, -0.2) is 0 Å². The first-order chi connectivity index (χ1) is 10.7. The molecule has 1 aliphatic heterocycles. The summed E-state index contributed by atoms with van der Waals surface area (Å²) in [6.45, 7) is 2.50. The van der Waals surface area contributed by atoms with Crippen molar-refractivity contribution in [2.75, 3.05) is 16.8 Å². The van der Waals surface area contributed by atoms with Crippen LogP contribution in [-0.2, 0) is 9.59 Å². The Morgan fingerprint density at radius 2 is 1.77 bits per heavy atom. The van der Waals surface area contributed by atoms with E-state index < -0.39 is 0 Å². The van der Waals surface area contributed by atoms with Crippen LogP contribution in [0.15, 0.2) is 60.7 Å². The number of hydrogen-bond acceptors (Lipinski definition) is 2. The van der Waals surface area contributed by atoms with E-state index in [9.17, 15) is 9.59 Å². The smallest absolute Gasteiger partial charge is 0.259 e. The van der Waals surface area contributed by atoms with Gasteiger partial charge in [-0.1, -0.05) is 36.4 Å². The third-order valence-corrected chi connectivity index (χ3v) is 3.59. The number of nitrogens with zero attached hydrogens (tertiary/aromatic N) is 1. The van der Waals surface area contributed by atoms with Gasteiger partial charge in [-0.3, -0.25) is 9.59 Å². The Morgan fingerprint density at radius 1 is 1.09 bits per heavy atom. The van der Waals surface area contributed by atoms with Crippen LogP contribution in [0.3, 0.4) is 0 Å². The molecule has 22 heavy (non-hydrogen) atoms. The maximum atomic E-state index is 12.5. The molecule has 2 aromatic carbocycles. The van der Waals surface area contributed by atoms with E-state index in [2.05, 4.69) is 5.32 Å². The lowest BCUT2D eigenvalue weighted by molar-refractivity contribution is -0.114. The van der Waals surface area contributed by atoms with Gasteiger partial charge in [0, 0.05) is 23.9 Å². The minimum Gasteiger partial charge on any atom is -0.322 e. The predicted molar refractivity (Wildman–Crippen MR) is 87.5 cm³/mol. The lowest BCUT2D eigenvalue weighted by atomic mass is 10.1. The molecule has 110 valence electrons. The fourth-order valence-electron chi connectivity index (χ4n) is 2.59. The van der Waals surface area contributed by atoms with E-state index >= 15 is 0 Å². The van der Waals surface area contributed by atoms with Gasteiger partial charge in [0.25, 0.3) is 5.91 Å². The van der Waals surface area contributed by atoms with Crippen molar-refractivity contribution < 1.29 is 9.59 Å². The molecule has 0 saturated carbocycles. The highest BCUT2D eigenvalue weighted by atomic mass is 16.2. The number of nitrogens with one attached hydrogen (secondary N) is 1. The molecule has 4 nitrogen and oxygen atoms in total. The maximum absolute atomic E-state index is 12.5. The largest absolute Gasteiger partial charge is 0.322 e. The van der Waals surface area contributed by atoms with E-state index in [1.54, 1.807) is 17.0 Å². The fourth-order valence-corrected chi connectivity index (χ4v) is 2.59. The van der Waals surface area contributed by atoms with Crippen LogP contribution in [-0.4, -0.2) is 18.4 Å². The molecule has 4 heteroatoms. The van der Waals surface area contributed by atoms with Crippen molar-refractivity contribution in [3.05, 3.63) is 66.2 Å². The number of amides is 2. The van der Waals surface area contributed by atoms with E-state index in [1.165, 1.54) is 6.08 Å². The first kappa shape index (κ1) is 14.1. The molecule has 0 radical (unpaired) electrons. The predicted octanol–water partition coefficient (Wildman–Crippen LogP) is 3.08. The molecule has 2 aromatic rings. The highest BCUT2D eigenvalue weighted by Gasteiger charge is 2.31. The molecule has 2 amide bonds. The monoisotopic (exact) mass is 292 g/mol. The molecule has 0 saturated heterocycles. The summed E-state index contributed by atoms with van der Waals surface area (Å²) in [5.74, 6) is -0.436. The Labute approximate surface area is 129 Å². The maximum Gasteiger partial charge on any atom is 0.259 e. The molecule has 0 spiro atoms. The Bertz CT molecular complexity index is 751. The third-order valence-electron chi connectivity index (χ3n) is 3.59. The minimum atomic E-state index is -0.303. The second-order valence-electron chi connectivity index (χ2n) is 4.98. The van der Waals surface area contributed by atoms with Gasteiger partial charge >= 0.3 is 0 Å². The van der Waals surface area contributed by atoms with Gasteiger partial charge in [-0.2, -0.15) is 0 Å². The summed E-state index contributed by atoms with van der Waals surface area (Å²) in [6, 6.07) is 16.7. The van der Waals surface area contributed by atoms with Crippen LogP contribution in [0.2, 0.25) is 0 Å². The Morgan fingerprint density at radius 3 is 2.50 bits per heavy atom. The minimum absolute atomic E-state index is 0.132. The number of benzene rings is 2. The van der Waals surface area contributed by atoms with E-state index in [4.69, 9.17) is 0 Å². The molecular formula is C18H16N2O2. The zero-order valence-electron chi connectivity index (χ0n) is 12.2. The SMILES string of the molecule is CCN1C(=O)/C(=C/C(=O)Nc2ccccc2)c2ccccc21. The van der Waals surface area contributed by atoms with Gasteiger partial charge in [-0.15, -0.1) is 0 Å². The summed E-state index contributed by atoms with van der Waals surface area (Å²) in [5, 5.41) is 2.77. The van der Waals surface area contributed by atoms with Gasteiger partial charge < -0.3 is 10.2 Å². The van der Waals surface area contributed by atoms with Crippen LogP contribution in [0.1, 0.15) is 12.5 Å². The molecule has 1 N–H and O–H groups in total. The van der Waals surface area contributed by atoms with Crippen LogP contribution in [0.25, 0.3) is 5.57 Å². The summed E-state index contributed by atoms with van der Waals surface area (Å²) in [5.41, 5.74) is 2.80. The number of carbonyl (C=O) groups is 2. The van der Waals surface area contributed by atoms with Gasteiger partial charge in [0.1, 0.15) is 0 Å². The van der Waals surface area contributed by atoms with Crippen LogP contribution in [0, 0.1) is 0 Å². The number of hydrogen-bond donors (Lipinski definition) is 1. The zero-order valence-corrected chi connectivity index (χ0v) is 12.2. The second kappa shape index (κ2) is 5.85. The van der Waals surface area contributed by atoms with E-state index in [1.807, 2.05) is 49.4 Å². The first-order valence-corrected chi connectivity index (χ1v) is 7.19. The Kier molecular flexibility index (Phi) is 3.74. The molecule has 0 fully saturated rings. The molecule has 3 rings (SSSR count). The second-order valence-corrected chi connectivity index (χ2v) is 4.98. The number of rotatable bonds is 3. The topological polar surface area (TPSA) is 49.4 Å². The highest BCUT2D eigenvalue weighted by molar-refractivity contribution is 6.35. The van der Waals surface area contributed by atoms with E-state index in [0.29, 0.717) is 17.8 Å². The van der Waals surface area contributed by atoms with E-state index in [0.717, 1.165) is 11.3 Å². The van der Waals surface area contributed by atoms with Gasteiger partial charge in [0.2, 0.25) is 5.91 Å². The molecule has 0 aliphatic carbocycles. The molecule has 0 bridgehead atoms. The fraction of sp³-hybridized carbons (Fsp3) is 0.111. The highest BCUT2D eigenvalue weighted by Crippen LogP contribution is 2.36. The summed E-state index contributed by atoms with van der Waals surface area (Å²) in [6.07, 6.45) is 1.38. The standard InChI is InChI=1S/C18H16N2O2/c1-2-20-16-11-7-6-10-14(16)15(18(20)22)12-17(21)19-13-8-4-3-5-9-13/h3-12H,2H2,1H3,(H,19,21)/b15-12+. The van der Waals surface area contributed by atoms with Crippen LogP contribution in [0.4, 0.5) is 11.4 Å². The molecular weight excluding hydrogens is 276 g/mol. The van der Waals surface area contributed by atoms with Crippen molar-refractivity contribution in [1.82, 2.24) is 0 Å². The van der Waals surface area contributed by atoms with Crippen molar-refractivity contribution in [1.29, 1.82) is 0 Å². The van der Waals surface area contributed by atoms with Crippen molar-refractivity contribution in [3.8, 4) is 0 Å². The van der Waals surface area contributed by atoms with Crippen LogP contribution < -0.4 is 10.2 Å². The lowest BCUT2D eigenvalue weighted by Crippen LogP contribution is -2.26. The van der Waals surface area contributed by atoms with Gasteiger partial charge in [0.15, 0.2) is 0 Å². The lowest BCUT2D eigenvalue weighted by Gasteiger charge is -2.13. The molecule has 0 aromatic heterocycles. The van der Waals surface area contributed by atoms with Crippen molar-refractivity contribution in [2.24, 2.45) is 0 Å². The number of fused-ring (bicyclic) bond motifs is 1. The molecule has 1 aliphatic rings. The van der Waals surface area contributed by atoms with Crippen molar-refractivity contribution in [3.63, 3.8) is 0 Å². The average molecular weight is 292 g/mol. The third kappa shape index (κ3) is 2.51. The summed E-state index contributed by atoms with van der Waals surface area (Å²) >= 11 is 0. The van der Waals surface area contributed by atoms with Crippen LogP contribution >= 0.6 is 0 Å². The normalized spacial score (nSPS) is 15.0. The summed E-state index contributed by atoms with van der Waals surface area (Å²) < 4.78 is 0. The number of anilines is 2. The van der Waals surface area contributed by atoms with Crippen LogP contribution in [0.5, 0.6) is 0 Å². The number of likely N-dealkylation sites (N-methyl/N-ethyl adjacent to an activating group) is 1. The van der Waals surface area contributed by atoms with Crippen molar-refractivity contribution in [2.45, 2.75) is 6.92 Å². The summed E-state index contributed by atoms with van der Waals surface area (Å²) in [7, 11) is 0. The average Bonchev–Trinajstić information content (AvgIpc) is 2.80. The quantitative estimate of drug-likeness (QED) is 0.884. The van der Waals surface area contributed by atoms with Gasteiger partial charge in [-0.05, 0) is 25.1 Å². The molecule has 0 unspecified atom stereocenters. The van der Waals surface area contributed by atoms with Crippen molar-refractivity contribution >= 4 is 28.8 Å². The van der Waals surface area contributed by atoms with E-state index in [-0.39, 0.29) is 11.8 Å². The molecule has 0 atom stereocenters. The molecule has 1 heterocycles. The van der Waals surface area contributed by atoms with Gasteiger partial charge in [0.05, 0.1) is 11.3 Å².